The van der Waals surface area contributed by atoms with Crippen LogP contribution in [0.3, 0.4) is 0 Å². The van der Waals surface area contributed by atoms with Crippen LogP contribution >= 0.6 is 38.9 Å². The number of hydrazone groups is 1. The van der Waals surface area contributed by atoms with Gasteiger partial charge in [0.15, 0.2) is 0 Å². The molecule has 0 atom stereocenters. The molecule has 114 valence electrons. The molecule has 0 spiro atoms. The van der Waals surface area contributed by atoms with Gasteiger partial charge >= 0.3 is 6.18 Å². The van der Waals surface area contributed by atoms with Crippen molar-refractivity contribution in [3.05, 3.63) is 21.1 Å². The molecule has 0 aliphatic heterocycles. The molecule has 3 nitrogen and oxygen atoms in total. The number of anilines is 1. The fourth-order valence-electron chi connectivity index (χ4n) is 1.55. The smallest absolute Gasteiger partial charge is 0.253 e. The molecule has 2 aromatic rings. The van der Waals surface area contributed by atoms with Crippen LogP contribution in [0, 0.1) is 0 Å². The van der Waals surface area contributed by atoms with E-state index in [0.717, 1.165) is 23.5 Å². The Hall–Kier alpha value is -0.860. The van der Waals surface area contributed by atoms with Crippen LogP contribution in [-0.2, 0) is 6.18 Å². The summed E-state index contributed by atoms with van der Waals surface area (Å²) in [6.07, 6.45) is -3.76. The molecular weight excluding hydrogens is 391 g/mol. The first-order chi connectivity index (χ1) is 9.74. The predicted octanol–water partition coefficient (Wildman–Crippen LogP) is 5.93. The molecule has 9 heteroatoms. The minimum atomic E-state index is -4.49. The number of rotatable bonds is 3. The lowest BCUT2D eigenvalue weighted by atomic mass is 10.2. The van der Waals surface area contributed by atoms with E-state index in [0.29, 0.717) is 0 Å². The van der Waals surface area contributed by atoms with Crippen LogP contribution < -0.4 is 5.43 Å². The standard InChI is InChI=1S/C12H10BrClF3N3S/c1-3-5(2)19-20-11-18-9-7(14)4-6(13)8(10(9)21-11)12(15,16)17/h4H,3H2,1-2H3,(H,18,20)/b19-5+. The number of halogens is 5. The van der Waals surface area contributed by atoms with Crippen molar-refractivity contribution in [2.45, 2.75) is 26.4 Å². The van der Waals surface area contributed by atoms with Gasteiger partial charge in [0.2, 0.25) is 5.13 Å². The molecule has 0 unspecified atom stereocenters. The maximum atomic E-state index is 13.1. The van der Waals surface area contributed by atoms with Crippen LogP contribution in [0.25, 0.3) is 10.2 Å². The van der Waals surface area contributed by atoms with Gasteiger partial charge in [-0.15, -0.1) is 0 Å². The minimum absolute atomic E-state index is 0.0197. The highest BCUT2D eigenvalue weighted by molar-refractivity contribution is 9.10. The van der Waals surface area contributed by atoms with Crippen LogP contribution in [-0.4, -0.2) is 10.7 Å². The topological polar surface area (TPSA) is 37.3 Å². The van der Waals surface area contributed by atoms with Crippen molar-refractivity contribution < 1.29 is 13.2 Å². The first-order valence-electron chi connectivity index (χ1n) is 5.89. The lowest BCUT2D eigenvalue weighted by Crippen LogP contribution is -2.06. The Labute approximate surface area is 136 Å². The molecule has 21 heavy (non-hydrogen) atoms. The SMILES string of the molecule is CC/C(C)=N/Nc1nc2c(Cl)cc(Br)c(C(F)(F)F)c2s1. The van der Waals surface area contributed by atoms with Gasteiger partial charge in [-0.25, -0.2) is 4.98 Å². The van der Waals surface area contributed by atoms with Gasteiger partial charge in [0.05, 0.1) is 15.3 Å². The summed E-state index contributed by atoms with van der Waals surface area (Å²) in [5, 5.41) is 4.46. The Morgan fingerprint density at radius 1 is 1.52 bits per heavy atom. The third-order valence-electron chi connectivity index (χ3n) is 2.71. The summed E-state index contributed by atoms with van der Waals surface area (Å²) in [5.74, 6) is 0. The molecule has 1 aromatic carbocycles. The van der Waals surface area contributed by atoms with Crippen molar-refractivity contribution in [2.75, 3.05) is 5.43 Å². The summed E-state index contributed by atoms with van der Waals surface area (Å²) < 4.78 is 39.3. The molecule has 0 saturated carbocycles. The fraction of sp³-hybridized carbons (Fsp3) is 0.333. The molecule has 1 heterocycles. The van der Waals surface area contributed by atoms with Gasteiger partial charge in [-0.1, -0.05) is 45.8 Å². The maximum Gasteiger partial charge on any atom is 0.418 e. The summed E-state index contributed by atoms with van der Waals surface area (Å²) in [7, 11) is 0. The second kappa shape index (κ2) is 6.10. The Balaban J connectivity index is 2.58. The molecule has 1 aromatic heterocycles. The number of hydrogen-bond donors (Lipinski definition) is 1. The van der Waals surface area contributed by atoms with Crippen LogP contribution in [0.15, 0.2) is 15.6 Å². The molecule has 0 bridgehead atoms. The van der Waals surface area contributed by atoms with E-state index in [-0.39, 0.29) is 24.8 Å². The van der Waals surface area contributed by atoms with Crippen LogP contribution in [0.2, 0.25) is 5.02 Å². The van der Waals surface area contributed by atoms with E-state index in [9.17, 15) is 13.2 Å². The Morgan fingerprint density at radius 2 is 2.19 bits per heavy atom. The third kappa shape index (κ3) is 3.49. The van der Waals surface area contributed by atoms with Crippen molar-refractivity contribution in [3.8, 4) is 0 Å². The number of aromatic nitrogens is 1. The largest absolute Gasteiger partial charge is 0.418 e. The maximum absolute atomic E-state index is 13.1. The Morgan fingerprint density at radius 3 is 2.76 bits per heavy atom. The predicted molar refractivity (Wildman–Crippen MR) is 84.4 cm³/mol. The van der Waals surface area contributed by atoms with E-state index in [4.69, 9.17) is 11.6 Å². The van der Waals surface area contributed by atoms with Gasteiger partial charge in [0.25, 0.3) is 0 Å². The van der Waals surface area contributed by atoms with Gasteiger partial charge in [0.1, 0.15) is 5.52 Å². The average Bonchev–Trinajstić information content (AvgIpc) is 2.78. The molecule has 2 rings (SSSR count). The number of nitrogens with one attached hydrogen (secondary N) is 1. The number of alkyl halides is 3. The van der Waals surface area contributed by atoms with Crippen molar-refractivity contribution in [1.29, 1.82) is 0 Å². The highest BCUT2D eigenvalue weighted by atomic mass is 79.9. The molecule has 0 aliphatic carbocycles. The molecule has 0 saturated heterocycles. The molecule has 0 fully saturated rings. The first kappa shape index (κ1) is 16.5. The van der Waals surface area contributed by atoms with Crippen LogP contribution in [0.5, 0.6) is 0 Å². The fourth-order valence-corrected chi connectivity index (χ4v) is 3.76. The second-order valence-corrected chi connectivity index (χ2v) is 6.48. The van der Waals surface area contributed by atoms with Crippen molar-refractivity contribution in [3.63, 3.8) is 0 Å². The summed E-state index contributed by atoms with van der Waals surface area (Å²) >= 11 is 9.75. The van der Waals surface area contributed by atoms with Gasteiger partial charge in [0, 0.05) is 10.2 Å². The lowest BCUT2D eigenvalue weighted by molar-refractivity contribution is -0.136. The molecule has 0 radical (unpaired) electrons. The second-order valence-electron chi connectivity index (χ2n) is 4.22. The number of nitrogens with zero attached hydrogens (tertiary/aromatic N) is 2. The highest BCUT2D eigenvalue weighted by Crippen LogP contribution is 2.45. The zero-order valence-corrected chi connectivity index (χ0v) is 14.1. The zero-order chi connectivity index (χ0) is 15.8. The van der Waals surface area contributed by atoms with Gasteiger partial charge in [-0.2, -0.15) is 18.3 Å². The Bertz CT molecular complexity index is 712. The van der Waals surface area contributed by atoms with E-state index in [1.807, 2.05) is 13.8 Å². The van der Waals surface area contributed by atoms with Crippen molar-refractivity contribution >= 4 is 59.9 Å². The first-order valence-corrected chi connectivity index (χ1v) is 7.87. The highest BCUT2D eigenvalue weighted by Gasteiger charge is 2.37. The van der Waals surface area contributed by atoms with E-state index < -0.39 is 11.7 Å². The zero-order valence-electron chi connectivity index (χ0n) is 11.0. The molecule has 0 aliphatic rings. The van der Waals surface area contributed by atoms with Gasteiger partial charge in [-0.05, 0) is 19.4 Å². The number of thiazole rings is 1. The van der Waals surface area contributed by atoms with E-state index >= 15 is 0 Å². The van der Waals surface area contributed by atoms with E-state index in [1.165, 1.54) is 6.07 Å². The van der Waals surface area contributed by atoms with Crippen molar-refractivity contribution in [1.82, 2.24) is 4.98 Å². The number of fused-ring (bicyclic) bond motifs is 1. The lowest BCUT2D eigenvalue weighted by Gasteiger charge is -2.10. The van der Waals surface area contributed by atoms with Crippen LogP contribution in [0.4, 0.5) is 18.3 Å². The van der Waals surface area contributed by atoms with E-state index in [1.54, 1.807) is 0 Å². The Kier molecular flexibility index (Phi) is 4.79. The van der Waals surface area contributed by atoms with Crippen LogP contribution in [0.1, 0.15) is 25.8 Å². The average molecular weight is 401 g/mol. The quantitative estimate of drug-likeness (QED) is 0.512. The normalized spacial score (nSPS) is 13.0. The number of hydrogen-bond acceptors (Lipinski definition) is 4. The number of benzene rings is 1. The van der Waals surface area contributed by atoms with Crippen molar-refractivity contribution in [2.24, 2.45) is 5.10 Å². The molecule has 1 N–H and O–H groups in total. The summed E-state index contributed by atoms with van der Waals surface area (Å²) in [6.45, 7) is 3.74. The summed E-state index contributed by atoms with van der Waals surface area (Å²) in [5.41, 5.74) is 2.82. The monoisotopic (exact) mass is 399 g/mol. The minimum Gasteiger partial charge on any atom is -0.253 e. The van der Waals surface area contributed by atoms with E-state index in [2.05, 4.69) is 31.4 Å². The summed E-state index contributed by atoms with van der Waals surface area (Å²) in [6, 6.07) is 1.21. The van der Waals surface area contributed by atoms with Gasteiger partial charge in [-0.3, -0.25) is 5.43 Å². The third-order valence-corrected chi connectivity index (χ3v) is 4.60. The molecule has 0 amide bonds. The van der Waals surface area contributed by atoms with Gasteiger partial charge < -0.3 is 0 Å². The summed E-state index contributed by atoms with van der Waals surface area (Å²) in [4.78, 5) is 4.08. The molecular formula is C12H10BrClF3N3S.